The number of allylic oxidation sites excluding steroid dienone is 13. The molecule has 266 valence electrons. The number of anilines is 3. The van der Waals surface area contributed by atoms with Crippen LogP contribution in [0.1, 0.15) is 17.2 Å². The molecule has 56 heavy (non-hydrogen) atoms. The Morgan fingerprint density at radius 3 is 2.02 bits per heavy atom. The average molecular weight is 718 g/mol. The molecule has 0 N–H and O–H groups in total. The summed E-state index contributed by atoms with van der Waals surface area (Å²) in [5, 5.41) is 3.55. The van der Waals surface area contributed by atoms with Gasteiger partial charge in [-0.15, -0.1) is 0 Å². The van der Waals surface area contributed by atoms with E-state index < -0.39 is 0 Å². The van der Waals surface area contributed by atoms with Crippen molar-refractivity contribution in [3.05, 3.63) is 229 Å². The van der Waals surface area contributed by atoms with Gasteiger partial charge in [-0.2, -0.15) is 0 Å². The second-order valence-electron chi connectivity index (χ2n) is 15.2. The Kier molecular flexibility index (Phi) is 7.81. The van der Waals surface area contributed by atoms with Crippen LogP contribution in [0.2, 0.25) is 0 Å². The van der Waals surface area contributed by atoms with E-state index in [1.807, 2.05) is 0 Å². The van der Waals surface area contributed by atoms with Crippen molar-refractivity contribution < 1.29 is 4.42 Å². The molecule has 11 rings (SSSR count). The molecule has 6 aromatic carbocycles. The van der Waals surface area contributed by atoms with E-state index in [1.54, 1.807) is 0 Å². The average Bonchev–Trinajstić information content (AvgIpc) is 3.66. The van der Waals surface area contributed by atoms with Gasteiger partial charge in [0.05, 0.1) is 16.8 Å². The third kappa shape index (κ3) is 5.40. The molecule has 0 aliphatic heterocycles. The van der Waals surface area contributed by atoms with Crippen molar-refractivity contribution in [2.24, 2.45) is 17.8 Å². The van der Waals surface area contributed by atoms with Crippen molar-refractivity contribution in [3.8, 4) is 22.3 Å². The second-order valence-corrected chi connectivity index (χ2v) is 15.2. The SMILES string of the molecule is C1=CC2C=CC=C(C3=Cc4c(oc5cccc(N(c6ccc7ccccc7c6)c6ccccc6-c6ccc(-c7ccccc7)cc6)c45)C4C=CC=CC34)C2C=C1. The minimum atomic E-state index is 0.105. The van der Waals surface area contributed by atoms with Crippen LogP contribution in [0.3, 0.4) is 0 Å². The van der Waals surface area contributed by atoms with Gasteiger partial charge in [0.1, 0.15) is 11.3 Å². The van der Waals surface area contributed by atoms with Crippen LogP contribution in [0.5, 0.6) is 0 Å². The Bertz CT molecular complexity index is 2870. The van der Waals surface area contributed by atoms with Crippen LogP contribution in [0.15, 0.2) is 222 Å². The number of rotatable bonds is 6. The third-order valence-electron chi connectivity index (χ3n) is 12.0. The molecular formula is C54H39NO. The summed E-state index contributed by atoms with van der Waals surface area (Å²) >= 11 is 0. The number of para-hydroxylation sites is 1. The lowest BCUT2D eigenvalue weighted by molar-refractivity contribution is 0.479. The van der Waals surface area contributed by atoms with Gasteiger partial charge in [-0.1, -0.05) is 176 Å². The van der Waals surface area contributed by atoms with Crippen LogP contribution < -0.4 is 4.90 Å². The zero-order valence-corrected chi connectivity index (χ0v) is 30.9. The number of fused-ring (bicyclic) bond motifs is 7. The molecular weight excluding hydrogens is 679 g/mol. The number of hydrogen-bond donors (Lipinski definition) is 0. The van der Waals surface area contributed by atoms with Crippen molar-refractivity contribution >= 4 is 44.9 Å². The van der Waals surface area contributed by atoms with Gasteiger partial charge in [-0.05, 0) is 75.0 Å². The molecule has 7 aromatic rings. The van der Waals surface area contributed by atoms with E-state index in [9.17, 15) is 0 Å². The van der Waals surface area contributed by atoms with Gasteiger partial charge in [0, 0.05) is 40.5 Å². The highest BCUT2D eigenvalue weighted by molar-refractivity contribution is 6.05. The highest BCUT2D eigenvalue weighted by atomic mass is 16.3. The Labute approximate surface area is 327 Å². The molecule has 2 heteroatoms. The molecule has 4 atom stereocenters. The van der Waals surface area contributed by atoms with Gasteiger partial charge in [0.15, 0.2) is 0 Å². The highest BCUT2D eigenvalue weighted by Gasteiger charge is 2.38. The maximum Gasteiger partial charge on any atom is 0.137 e. The van der Waals surface area contributed by atoms with Gasteiger partial charge < -0.3 is 9.32 Å². The first-order valence-corrected chi connectivity index (χ1v) is 19.7. The van der Waals surface area contributed by atoms with E-state index in [1.165, 1.54) is 38.6 Å². The van der Waals surface area contributed by atoms with E-state index in [0.717, 1.165) is 44.9 Å². The quantitative estimate of drug-likeness (QED) is 0.170. The van der Waals surface area contributed by atoms with Crippen LogP contribution in [-0.2, 0) is 0 Å². The minimum absolute atomic E-state index is 0.105. The van der Waals surface area contributed by atoms with E-state index in [-0.39, 0.29) is 11.8 Å². The number of furan rings is 1. The fourth-order valence-corrected chi connectivity index (χ4v) is 9.35. The standard InChI is InChI=1S/C54H39NO/c1-2-14-36(15-3-1)38-28-30-40(31-29-38)44-21-10-11-25-50(44)55(42-33-32-37-16-4-5-18-41(37)34-42)51-26-13-27-52-53(51)49-35-48(46-22-8-9-23-47(46)54(49)56-52)45-24-12-19-39-17-6-7-20-43(39)45/h1-35,39,43,46-47H. The van der Waals surface area contributed by atoms with Crippen LogP contribution in [0, 0.1) is 17.8 Å². The number of benzene rings is 6. The van der Waals surface area contributed by atoms with Crippen LogP contribution in [-0.4, -0.2) is 0 Å². The first-order valence-electron chi connectivity index (χ1n) is 19.7. The molecule has 4 aliphatic rings. The van der Waals surface area contributed by atoms with Crippen LogP contribution in [0.25, 0.3) is 50.1 Å². The largest absolute Gasteiger partial charge is 0.460 e. The van der Waals surface area contributed by atoms with E-state index in [4.69, 9.17) is 4.42 Å². The predicted octanol–water partition coefficient (Wildman–Crippen LogP) is 14.5. The molecule has 0 amide bonds. The maximum absolute atomic E-state index is 6.99. The Morgan fingerprint density at radius 2 is 1.14 bits per heavy atom. The van der Waals surface area contributed by atoms with E-state index in [0.29, 0.717) is 11.8 Å². The molecule has 4 unspecified atom stereocenters. The maximum atomic E-state index is 6.99. The van der Waals surface area contributed by atoms with Gasteiger partial charge in [-0.3, -0.25) is 0 Å². The summed E-state index contributed by atoms with van der Waals surface area (Å²) < 4.78 is 6.99. The van der Waals surface area contributed by atoms with Gasteiger partial charge in [0.2, 0.25) is 0 Å². The number of nitrogens with zero attached hydrogens (tertiary/aromatic N) is 1. The van der Waals surface area contributed by atoms with Gasteiger partial charge in [0.25, 0.3) is 0 Å². The zero-order valence-electron chi connectivity index (χ0n) is 30.9. The van der Waals surface area contributed by atoms with Gasteiger partial charge in [-0.25, -0.2) is 0 Å². The lowest BCUT2D eigenvalue weighted by atomic mass is 9.68. The van der Waals surface area contributed by atoms with Crippen molar-refractivity contribution in [2.45, 2.75) is 5.92 Å². The van der Waals surface area contributed by atoms with Crippen molar-refractivity contribution in [3.63, 3.8) is 0 Å². The van der Waals surface area contributed by atoms with E-state index in [2.05, 4.69) is 217 Å². The summed E-state index contributed by atoms with van der Waals surface area (Å²) in [5.41, 5.74) is 12.9. The van der Waals surface area contributed by atoms with E-state index >= 15 is 0 Å². The minimum Gasteiger partial charge on any atom is -0.460 e. The predicted molar refractivity (Wildman–Crippen MR) is 234 cm³/mol. The Morgan fingerprint density at radius 1 is 0.464 bits per heavy atom. The third-order valence-corrected chi connectivity index (χ3v) is 12.0. The molecule has 0 radical (unpaired) electrons. The Hall–Kier alpha value is -6.90. The first kappa shape index (κ1) is 32.5. The van der Waals surface area contributed by atoms with Crippen LogP contribution >= 0.6 is 0 Å². The van der Waals surface area contributed by atoms with Crippen molar-refractivity contribution in [2.75, 3.05) is 4.90 Å². The normalized spacial score (nSPS) is 20.4. The summed E-state index contributed by atoms with van der Waals surface area (Å²) in [7, 11) is 0. The molecule has 1 aromatic heterocycles. The molecule has 1 heterocycles. The zero-order chi connectivity index (χ0) is 37.0. The lowest BCUT2D eigenvalue weighted by Crippen LogP contribution is -2.24. The van der Waals surface area contributed by atoms with Crippen molar-refractivity contribution in [1.82, 2.24) is 0 Å². The van der Waals surface area contributed by atoms with Crippen molar-refractivity contribution in [1.29, 1.82) is 0 Å². The monoisotopic (exact) mass is 717 g/mol. The second kappa shape index (κ2) is 13.4. The lowest BCUT2D eigenvalue weighted by Gasteiger charge is -2.36. The van der Waals surface area contributed by atoms with Gasteiger partial charge >= 0.3 is 0 Å². The topological polar surface area (TPSA) is 16.4 Å². The van der Waals surface area contributed by atoms with Crippen LogP contribution in [0.4, 0.5) is 17.1 Å². The number of hydrogen-bond acceptors (Lipinski definition) is 2. The summed E-state index contributed by atoms with van der Waals surface area (Å²) in [6.45, 7) is 0. The molecule has 2 nitrogen and oxygen atoms in total. The first-order chi connectivity index (χ1) is 27.8. The molecule has 0 fully saturated rings. The molecule has 0 saturated carbocycles. The highest BCUT2D eigenvalue weighted by Crippen LogP contribution is 2.53. The fourth-order valence-electron chi connectivity index (χ4n) is 9.35. The Balaban J connectivity index is 1.13. The molecule has 0 spiro atoms. The summed E-state index contributed by atoms with van der Waals surface area (Å²) in [6, 6.07) is 50.4. The molecule has 0 saturated heterocycles. The summed E-state index contributed by atoms with van der Waals surface area (Å²) in [5.74, 6) is 2.01. The molecule has 4 aliphatic carbocycles. The fraction of sp³-hybridized carbons (Fsp3) is 0.0741. The summed E-state index contributed by atoms with van der Waals surface area (Å²) in [6.07, 6.45) is 27.5. The summed E-state index contributed by atoms with van der Waals surface area (Å²) in [4.78, 5) is 2.45. The smallest absolute Gasteiger partial charge is 0.137 e. The molecule has 0 bridgehead atoms.